The molecule has 2 saturated carbocycles. The summed E-state index contributed by atoms with van der Waals surface area (Å²) in [6.07, 6.45) is 5.14. The van der Waals surface area contributed by atoms with Crippen LogP contribution in [0.15, 0.2) is 23.1 Å². The number of carbonyl (C=O) groups is 1. The molecular formula is C23H24ClF2N3O3S. The summed E-state index contributed by atoms with van der Waals surface area (Å²) >= 11 is 8.35. The summed E-state index contributed by atoms with van der Waals surface area (Å²) < 4.78 is 31.1. The lowest BCUT2D eigenvalue weighted by molar-refractivity contribution is -0.348. The van der Waals surface area contributed by atoms with E-state index in [2.05, 4.69) is 9.62 Å². The minimum Gasteiger partial charge on any atom is -0.393 e. The van der Waals surface area contributed by atoms with Crippen LogP contribution in [0.1, 0.15) is 48.3 Å². The molecule has 1 amide bonds. The first-order chi connectivity index (χ1) is 15.8. The predicted molar refractivity (Wildman–Crippen MR) is 120 cm³/mol. The Morgan fingerprint density at radius 2 is 2.09 bits per heavy atom. The number of anilines is 1. The fourth-order valence-electron chi connectivity index (χ4n) is 6.38. The van der Waals surface area contributed by atoms with E-state index in [1.54, 1.807) is 11.9 Å². The number of halogens is 3. The highest BCUT2D eigenvalue weighted by Gasteiger charge is 2.81. The maximum atomic E-state index is 13.6. The zero-order chi connectivity index (χ0) is 23.1. The average Bonchev–Trinajstić information content (AvgIpc) is 3.04. The quantitative estimate of drug-likeness (QED) is 0.547. The molecular weight excluding hydrogens is 472 g/mol. The fourth-order valence-corrected chi connectivity index (χ4v) is 8.30. The van der Waals surface area contributed by atoms with Crippen molar-refractivity contribution in [2.45, 2.75) is 67.6 Å². The molecule has 10 heteroatoms. The highest BCUT2D eigenvalue weighted by Crippen LogP contribution is 2.74. The third-order valence-electron chi connectivity index (χ3n) is 8.19. The first-order valence-electron chi connectivity index (χ1n) is 11.3. The van der Waals surface area contributed by atoms with Gasteiger partial charge < -0.3 is 20.1 Å². The van der Waals surface area contributed by atoms with Crippen molar-refractivity contribution in [1.82, 2.24) is 8.87 Å². The van der Waals surface area contributed by atoms with Crippen molar-refractivity contribution in [3.8, 4) is 0 Å². The van der Waals surface area contributed by atoms with Crippen molar-refractivity contribution in [1.29, 1.82) is 0 Å². The molecule has 4 aliphatic rings. The second-order valence-corrected chi connectivity index (χ2v) is 11.0. The number of aliphatic hydroxyl groups excluding tert-OH is 1. The molecule has 2 aliphatic carbocycles. The molecule has 176 valence electrons. The van der Waals surface area contributed by atoms with Gasteiger partial charge in [-0.3, -0.25) is 4.79 Å². The molecule has 0 radical (unpaired) electrons. The highest BCUT2D eigenvalue weighted by atomic mass is 35.5. The van der Waals surface area contributed by atoms with Gasteiger partial charge in [-0.1, -0.05) is 11.6 Å². The summed E-state index contributed by atoms with van der Waals surface area (Å²) in [5.74, 6) is -2.46. The van der Waals surface area contributed by atoms with Gasteiger partial charge in [0.05, 0.1) is 22.1 Å². The molecule has 1 spiro atoms. The molecule has 2 aliphatic heterocycles. The highest BCUT2D eigenvalue weighted by molar-refractivity contribution is 7.97. The molecule has 1 aromatic carbocycles. The summed E-state index contributed by atoms with van der Waals surface area (Å²) in [6, 6.07) is 3.62. The van der Waals surface area contributed by atoms with E-state index >= 15 is 0 Å². The van der Waals surface area contributed by atoms with Crippen molar-refractivity contribution in [3.05, 3.63) is 46.2 Å². The van der Waals surface area contributed by atoms with E-state index in [1.165, 1.54) is 6.07 Å². The van der Waals surface area contributed by atoms with Gasteiger partial charge in [-0.2, -0.15) is 0 Å². The number of piperidine rings is 2. The third-order valence-corrected chi connectivity index (χ3v) is 10.0. The van der Waals surface area contributed by atoms with Gasteiger partial charge in [0, 0.05) is 41.5 Å². The molecule has 3 heterocycles. The summed E-state index contributed by atoms with van der Waals surface area (Å²) in [5.41, 5.74) is 0.306. The lowest BCUT2D eigenvalue weighted by atomic mass is 9.37. The fraction of sp³-hybridized carbons (Fsp3) is 0.522. The Morgan fingerprint density at radius 3 is 2.76 bits per heavy atom. The first-order valence-corrected chi connectivity index (χ1v) is 12.4. The zero-order valence-electron chi connectivity index (χ0n) is 17.8. The minimum atomic E-state index is -1.03. The number of amides is 1. The molecule has 3 N–H and O–H groups in total. The van der Waals surface area contributed by atoms with Crippen molar-refractivity contribution >= 4 is 35.1 Å². The Balaban J connectivity index is 1.29. The topological polar surface area (TPSA) is 77.7 Å². The number of hydrogen-bond acceptors (Lipinski definition) is 5. The molecule has 1 saturated heterocycles. The third kappa shape index (κ3) is 2.80. The Morgan fingerprint density at radius 1 is 1.27 bits per heavy atom. The Hall–Kier alpha value is -1.65. The van der Waals surface area contributed by atoms with Crippen LogP contribution in [0.5, 0.6) is 0 Å². The van der Waals surface area contributed by atoms with Gasteiger partial charge in [0.25, 0.3) is 5.91 Å². The van der Waals surface area contributed by atoms with Crippen molar-refractivity contribution in [3.63, 3.8) is 0 Å². The molecule has 6 rings (SSSR count). The number of aliphatic hydroxyl groups is 2. The summed E-state index contributed by atoms with van der Waals surface area (Å²) in [7, 11) is 0. The number of benzene rings is 1. The largest absolute Gasteiger partial charge is 0.393 e. The second kappa shape index (κ2) is 7.42. The standard InChI is InChI=1S/C23H24ClF2N3O3S/c24-18-19(21(31)27-12-4-5-13(25)14(26)9-12)28-8-2-1-3-15(28)20(18)33-29-16-6-7-23(16)17(29)10-22(23,32)11-30/h4-5,9,16-17,30,32H,1-3,6-8,10-11H2,(H,27,31). The van der Waals surface area contributed by atoms with Crippen LogP contribution in [-0.2, 0) is 13.0 Å². The maximum Gasteiger partial charge on any atom is 0.273 e. The zero-order valence-corrected chi connectivity index (χ0v) is 19.4. The molecule has 3 fully saturated rings. The van der Waals surface area contributed by atoms with Crippen molar-refractivity contribution < 1.29 is 23.8 Å². The predicted octanol–water partition coefficient (Wildman–Crippen LogP) is 3.98. The number of nitrogens with zero attached hydrogens (tertiary/aromatic N) is 2. The van der Waals surface area contributed by atoms with Gasteiger partial charge in [0.2, 0.25) is 0 Å². The van der Waals surface area contributed by atoms with Crippen molar-refractivity contribution in [2.24, 2.45) is 5.41 Å². The normalized spacial score (nSPS) is 32.0. The SMILES string of the molecule is O=C(Nc1ccc(F)c(F)c1)c1c(Cl)c(SN2C3CCC34C2CC4(O)CO)c2n1CCCC2. The first kappa shape index (κ1) is 21.9. The Kier molecular flexibility index (Phi) is 4.92. The molecule has 2 aromatic rings. The van der Waals surface area contributed by atoms with Gasteiger partial charge >= 0.3 is 0 Å². The number of aromatic nitrogens is 1. The van der Waals surface area contributed by atoms with Crippen LogP contribution in [0.3, 0.4) is 0 Å². The Labute approximate surface area is 199 Å². The summed E-state index contributed by atoms with van der Waals surface area (Å²) in [4.78, 5) is 14.0. The van der Waals surface area contributed by atoms with Gasteiger partial charge in [-0.25, -0.2) is 13.1 Å². The van der Waals surface area contributed by atoms with Crippen LogP contribution in [0.25, 0.3) is 0 Å². The van der Waals surface area contributed by atoms with E-state index in [1.807, 2.05) is 4.57 Å². The molecule has 1 aromatic heterocycles. The number of carbonyl (C=O) groups excluding carboxylic acids is 1. The van der Waals surface area contributed by atoms with E-state index in [9.17, 15) is 23.8 Å². The minimum absolute atomic E-state index is 0.162. The monoisotopic (exact) mass is 495 g/mol. The molecule has 4 unspecified atom stereocenters. The van der Waals surface area contributed by atoms with Crippen LogP contribution < -0.4 is 5.32 Å². The molecule has 0 bridgehead atoms. The Bertz CT molecular complexity index is 1170. The smallest absolute Gasteiger partial charge is 0.273 e. The second-order valence-electron chi connectivity index (χ2n) is 9.59. The van der Waals surface area contributed by atoms with E-state index in [0.717, 1.165) is 54.8 Å². The summed E-state index contributed by atoms with van der Waals surface area (Å²) in [6.45, 7) is 0.451. The number of hydrogen-bond donors (Lipinski definition) is 3. The molecule has 6 nitrogen and oxygen atoms in total. The number of rotatable bonds is 5. The van der Waals surface area contributed by atoms with Gasteiger partial charge in [0.1, 0.15) is 5.69 Å². The van der Waals surface area contributed by atoms with Crippen LogP contribution in [0.4, 0.5) is 14.5 Å². The summed E-state index contributed by atoms with van der Waals surface area (Å²) in [5, 5.41) is 23.5. The van der Waals surface area contributed by atoms with E-state index in [-0.39, 0.29) is 29.8 Å². The van der Waals surface area contributed by atoms with E-state index < -0.39 is 23.1 Å². The molecule has 33 heavy (non-hydrogen) atoms. The van der Waals surface area contributed by atoms with Crippen molar-refractivity contribution in [2.75, 3.05) is 11.9 Å². The van der Waals surface area contributed by atoms with Crippen LogP contribution in [-0.4, -0.2) is 49.3 Å². The lowest BCUT2D eigenvalue weighted by Gasteiger charge is -2.81. The van der Waals surface area contributed by atoms with Crippen LogP contribution in [0, 0.1) is 17.0 Å². The molecule has 4 atom stereocenters. The average molecular weight is 496 g/mol. The van der Waals surface area contributed by atoms with E-state index in [4.69, 9.17) is 11.6 Å². The van der Waals surface area contributed by atoms with Gasteiger partial charge in [-0.05, 0) is 62.6 Å². The lowest BCUT2D eigenvalue weighted by Crippen LogP contribution is -2.90. The van der Waals surface area contributed by atoms with E-state index in [0.29, 0.717) is 23.7 Å². The van der Waals surface area contributed by atoms with Gasteiger partial charge in [-0.15, -0.1) is 0 Å². The van der Waals surface area contributed by atoms with Gasteiger partial charge in [0.15, 0.2) is 11.6 Å². The number of fused-ring (bicyclic) bond motifs is 1. The number of nitrogens with one attached hydrogen (secondary N) is 1. The van der Waals surface area contributed by atoms with Crippen LogP contribution >= 0.6 is 23.5 Å². The van der Waals surface area contributed by atoms with Crippen LogP contribution in [0.2, 0.25) is 5.02 Å². The maximum absolute atomic E-state index is 13.6.